The molecule has 1 fully saturated rings. The predicted molar refractivity (Wildman–Crippen MR) is 80.1 cm³/mol. The van der Waals surface area contributed by atoms with E-state index in [0.29, 0.717) is 5.41 Å². The second kappa shape index (κ2) is 6.56. The van der Waals surface area contributed by atoms with Gasteiger partial charge < -0.3 is 5.32 Å². The van der Waals surface area contributed by atoms with Gasteiger partial charge in [-0.25, -0.2) is 0 Å². The summed E-state index contributed by atoms with van der Waals surface area (Å²) >= 11 is 0. The van der Waals surface area contributed by atoms with E-state index in [1.165, 1.54) is 37.8 Å². The maximum atomic E-state index is 4.58. The molecule has 108 valence electrons. The van der Waals surface area contributed by atoms with E-state index in [9.17, 15) is 0 Å². The van der Waals surface area contributed by atoms with Crippen LogP contribution < -0.4 is 5.32 Å². The molecule has 0 radical (unpaired) electrons. The third-order valence-electron chi connectivity index (χ3n) is 4.29. The highest BCUT2D eigenvalue weighted by Gasteiger charge is 2.32. The van der Waals surface area contributed by atoms with Gasteiger partial charge in [0.05, 0.1) is 5.69 Å². The Bertz CT molecular complexity index is 375. The van der Waals surface area contributed by atoms with Crippen molar-refractivity contribution in [1.29, 1.82) is 0 Å². The van der Waals surface area contributed by atoms with Gasteiger partial charge in [0.15, 0.2) is 0 Å². The van der Waals surface area contributed by atoms with Crippen molar-refractivity contribution < 1.29 is 0 Å². The lowest BCUT2D eigenvalue weighted by Crippen LogP contribution is -2.39. The molecule has 0 saturated heterocycles. The molecule has 1 saturated carbocycles. The maximum absolute atomic E-state index is 4.58. The molecule has 1 N–H and O–H groups in total. The third kappa shape index (κ3) is 4.34. The molecular weight excluding hydrogens is 234 g/mol. The molecule has 1 aliphatic rings. The lowest BCUT2D eigenvalue weighted by molar-refractivity contribution is 0.177. The molecule has 19 heavy (non-hydrogen) atoms. The highest BCUT2D eigenvalue weighted by Crippen LogP contribution is 2.38. The molecule has 0 amide bonds. The largest absolute Gasteiger partial charge is 0.316 e. The van der Waals surface area contributed by atoms with Crippen molar-refractivity contribution in [2.24, 2.45) is 18.4 Å². The highest BCUT2D eigenvalue weighted by atomic mass is 15.2. The van der Waals surface area contributed by atoms with Gasteiger partial charge in [0.25, 0.3) is 0 Å². The molecule has 0 bridgehead atoms. The van der Waals surface area contributed by atoms with Crippen molar-refractivity contribution in [2.75, 3.05) is 13.1 Å². The standard InChI is InChI=1S/C16H29N3/c1-14(2)12-17-13-16(8-5-4-6-9-16)11-15-7-10-19(3)18-15/h7,10,14,17H,4-6,8-9,11-13H2,1-3H3. The summed E-state index contributed by atoms with van der Waals surface area (Å²) in [5.41, 5.74) is 1.71. The van der Waals surface area contributed by atoms with Gasteiger partial charge >= 0.3 is 0 Å². The first kappa shape index (κ1) is 14.6. The molecule has 0 unspecified atom stereocenters. The molecule has 0 aliphatic heterocycles. The van der Waals surface area contributed by atoms with Crippen LogP contribution in [0.4, 0.5) is 0 Å². The van der Waals surface area contributed by atoms with Crippen molar-refractivity contribution in [3.05, 3.63) is 18.0 Å². The first-order valence-electron chi connectivity index (χ1n) is 7.79. The minimum Gasteiger partial charge on any atom is -0.316 e. The fraction of sp³-hybridized carbons (Fsp3) is 0.812. The van der Waals surface area contributed by atoms with Crippen molar-refractivity contribution in [1.82, 2.24) is 15.1 Å². The number of aromatic nitrogens is 2. The number of hydrogen-bond acceptors (Lipinski definition) is 2. The Morgan fingerprint density at radius 1 is 1.32 bits per heavy atom. The molecule has 1 aliphatic carbocycles. The first-order chi connectivity index (χ1) is 9.10. The fourth-order valence-electron chi connectivity index (χ4n) is 3.29. The maximum Gasteiger partial charge on any atom is 0.0630 e. The van der Waals surface area contributed by atoms with Crippen LogP contribution in [-0.4, -0.2) is 22.9 Å². The second-order valence-corrected chi connectivity index (χ2v) is 6.74. The molecule has 1 aromatic heterocycles. The zero-order chi connectivity index (χ0) is 13.7. The van der Waals surface area contributed by atoms with Crippen LogP contribution in [0, 0.1) is 11.3 Å². The number of rotatable bonds is 6. The van der Waals surface area contributed by atoms with E-state index in [1.54, 1.807) is 0 Å². The molecule has 1 aromatic rings. The van der Waals surface area contributed by atoms with Gasteiger partial charge in [-0.15, -0.1) is 0 Å². The average Bonchev–Trinajstić information content (AvgIpc) is 2.75. The topological polar surface area (TPSA) is 29.9 Å². The normalized spacial score (nSPS) is 18.9. The van der Waals surface area contributed by atoms with Crippen molar-refractivity contribution >= 4 is 0 Å². The monoisotopic (exact) mass is 263 g/mol. The van der Waals surface area contributed by atoms with E-state index in [2.05, 4.69) is 36.5 Å². The summed E-state index contributed by atoms with van der Waals surface area (Å²) in [6.45, 7) is 6.84. The van der Waals surface area contributed by atoms with Crippen molar-refractivity contribution in [3.63, 3.8) is 0 Å². The smallest absolute Gasteiger partial charge is 0.0630 e. The summed E-state index contributed by atoms with van der Waals surface area (Å²) in [6.07, 6.45) is 10.1. The zero-order valence-electron chi connectivity index (χ0n) is 12.8. The van der Waals surface area contributed by atoms with Crippen LogP contribution in [0.3, 0.4) is 0 Å². The Kier molecular flexibility index (Phi) is 5.03. The van der Waals surface area contributed by atoms with Gasteiger partial charge in [0.2, 0.25) is 0 Å². The Hall–Kier alpha value is -0.830. The zero-order valence-corrected chi connectivity index (χ0v) is 12.8. The second-order valence-electron chi connectivity index (χ2n) is 6.74. The van der Waals surface area contributed by atoms with E-state index >= 15 is 0 Å². The molecule has 0 aromatic carbocycles. The van der Waals surface area contributed by atoms with E-state index in [0.717, 1.165) is 25.4 Å². The molecule has 0 spiro atoms. The summed E-state index contributed by atoms with van der Waals surface area (Å²) in [5.74, 6) is 0.732. The Labute approximate surface area is 117 Å². The van der Waals surface area contributed by atoms with Crippen LogP contribution in [0.15, 0.2) is 12.3 Å². The van der Waals surface area contributed by atoms with Gasteiger partial charge in [-0.3, -0.25) is 4.68 Å². The molecular formula is C16H29N3. The number of nitrogens with zero attached hydrogens (tertiary/aromatic N) is 2. The van der Waals surface area contributed by atoms with E-state index < -0.39 is 0 Å². The Balaban J connectivity index is 1.97. The minimum atomic E-state index is 0.446. The van der Waals surface area contributed by atoms with Gasteiger partial charge in [0, 0.05) is 19.8 Å². The predicted octanol–water partition coefficient (Wildman–Crippen LogP) is 3.16. The summed E-state index contributed by atoms with van der Waals surface area (Å²) < 4.78 is 1.92. The highest BCUT2D eigenvalue weighted by molar-refractivity contribution is 5.04. The number of hydrogen-bond donors (Lipinski definition) is 1. The minimum absolute atomic E-state index is 0.446. The quantitative estimate of drug-likeness (QED) is 0.854. The first-order valence-corrected chi connectivity index (χ1v) is 7.79. The molecule has 3 nitrogen and oxygen atoms in total. The summed E-state index contributed by atoms with van der Waals surface area (Å²) in [4.78, 5) is 0. The average molecular weight is 263 g/mol. The molecule has 3 heteroatoms. The lowest BCUT2D eigenvalue weighted by Gasteiger charge is -2.37. The lowest BCUT2D eigenvalue weighted by atomic mass is 9.71. The summed E-state index contributed by atoms with van der Waals surface area (Å²) in [5, 5.41) is 8.27. The van der Waals surface area contributed by atoms with Crippen LogP contribution in [0.1, 0.15) is 51.6 Å². The number of aryl methyl sites for hydroxylation is 1. The summed E-state index contributed by atoms with van der Waals surface area (Å²) in [6, 6.07) is 2.18. The molecule has 0 atom stereocenters. The van der Waals surface area contributed by atoms with Crippen molar-refractivity contribution in [3.8, 4) is 0 Å². The molecule has 1 heterocycles. The molecule has 2 rings (SSSR count). The van der Waals surface area contributed by atoms with Crippen LogP contribution in [0.5, 0.6) is 0 Å². The third-order valence-corrected chi connectivity index (χ3v) is 4.29. The van der Waals surface area contributed by atoms with Crippen LogP contribution in [0.2, 0.25) is 0 Å². The van der Waals surface area contributed by atoms with Crippen molar-refractivity contribution in [2.45, 2.75) is 52.4 Å². The Morgan fingerprint density at radius 2 is 2.05 bits per heavy atom. The van der Waals surface area contributed by atoms with Crippen LogP contribution >= 0.6 is 0 Å². The number of nitrogens with one attached hydrogen (secondary N) is 1. The van der Waals surface area contributed by atoms with Gasteiger partial charge in [-0.1, -0.05) is 33.1 Å². The van der Waals surface area contributed by atoms with E-state index in [4.69, 9.17) is 0 Å². The van der Waals surface area contributed by atoms with E-state index in [-0.39, 0.29) is 0 Å². The van der Waals surface area contributed by atoms with Crippen LogP contribution in [-0.2, 0) is 13.5 Å². The SMILES string of the molecule is CC(C)CNCC1(Cc2ccn(C)n2)CCCCC1. The Morgan fingerprint density at radius 3 is 2.63 bits per heavy atom. The van der Waals surface area contributed by atoms with Crippen LogP contribution in [0.25, 0.3) is 0 Å². The van der Waals surface area contributed by atoms with E-state index in [1.807, 2.05) is 11.7 Å². The van der Waals surface area contributed by atoms with Gasteiger partial charge in [-0.05, 0) is 43.2 Å². The van der Waals surface area contributed by atoms with Gasteiger partial charge in [-0.2, -0.15) is 5.10 Å². The summed E-state index contributed by atoms with van der Waals surface area (Å²) in [7, 11) is 2.01. The van der Waals surface area contributed by atoms with Gasteiger partial charge in [0.1, 0.15) is 0 Å². The fourth-order valence-corrected chi connectivity index (χ4v) is 3.29.